The summed E-state index contributed by atoms with van der Waals surface area (Å²) in [5.74, 6) is -0.783. The molecule has 0 saturated carbocycles. The maximum atomic E-state index is 13.7. The highest BCUT2D eigenvalue weighted by Gasteiger charge is 2.18. The van der Waals surface area contributed by atoms with E-state index in [1.54, 1.807) is 6.07 Å². The summed E-state index contributed by atoms with van der Waals surface area (Å²) in [4.78, 5) is 8.24. The average Bonchev–Trinajstić information content (AvgIpc) is 3.01. The predicted octanol–water partition coefficient (Wildman–Crippen LogP) is 1.69. The zero-order valence-corrected chi connectivity index (χ0v) is 12.8. The van der Waals surface area contributed by atoms with Crippen LogP contribution >= 0.6 is 0 Å². The summed E-state index contributed by atoms with van der Waals surface area (Å²) in [6, 6.07) is 5.10. The van der Waals surface area contributed by atoms with Gasteiger partial charge in [-0.2, -0.15) is 14.6 Å². The maximum absolute atomic E-state index is 13.7. The highest BCUT2D eigenvalue weighted by atomic mass is 19.1. The third-order valence-corrected chi connectivity index (χ3v) is 3.41. The van der Waals surface area contributed by atoms with E-state index in [1.165, 1.54) is 24.0 Å². The molecule has 2 heterocycles. The van der Waals surface area contributed by atoms with Crippen LogP contribution in [0.2, 0.25) is 0 Å². The van der Waals surface area contributed by atoms with Crippen LogP contribution in [0.4, 0.5) is 14.6 Å². The van der Waals surface area contributed by atoms with Gasteiger partial charge < -0.3 is 15.2 Å². The molecule has 126 valence electrons. The van der Waals surface area contributed by atoms with Crippen molar-refractivity contribution in [3.8, 4) is 0 Å². The van der Waals surface area contributed by atoms with Crippen molar-refractivity contribution in [1.82, 2.24) is 19.6 Å². The van der Waals surface area contributed by atoms with Gasteiger partial charge in [-0.1, -0.05) is 6.07 Å². The van der Waals surface area contributed by atoms with Crippen molar-refractivity contribution < 1.29 is 18.6 Å². The van der Waals surface area contributed by atoms with E-state index in [0.717, 1.165) is 12.1 Å². The molecule has 0 aliphatic heterocycles. The first kappa shape index (κ1) is 16.2. The Hall–Kier alpha value is -2.65. The second kappa shape index (κ2) is 6.85. The predicted molar refractivity (Wildman–Crippen MR) is 81.3 cm³/mol. The van der Waals surface area contributed by atoms with Crippen molar-refractivity contribution >= 4 is 11.6 Å². The normalized spacial score (nSPS) is 12.5. The van der Waals surface area contributed by atoms with Crippen LogP contribution in [0.25, 0.3) is 5.78 Å². The topological polar surface area (TPSA) is 84.6 Å². The lowest BCUT2D eigenvalue weighted by Gasteiger charge is -2.15. The molecule has 0 amide bonds. The van der Waals surface area contributed by atoms with E-state index >= 15 is 0 Å². The van der Waals surface area contributed by atoms with E-state index in [9.17, 15) is 13.9 Å². The van der Waals surface area contributed by atoms with Gasteiger partial charge in [0.05, 0.1) is 17.9 Å². The van der Waals surface area contributed by atoms with Crippen molar-refractivity contribution in [2.24, 2.45) is 0 Å². The average molecular weight is 335 g/mol. The molecule has 1 aromatic carbocycles. The number of benzene rings is 1. The molecule has 1 atom stereocenters. The van der Waals surface area contributed by atoms with Crippen molar-refractivity contribution in [3.63, 3.8) is 0 Å². The van der Waals surface area contributed by atoms with E-state index in [1.807, 2.05) is 0 Å². The number of rotatable bonds is 6. The molecule has 0 bridgehead atoms. The summed E-state index contributed by atoms with van der Waals surface area (Å²) in [7, 11) is 1.54. The largest absolute Gasteiger partial charge is 0.386 e. The number of methoxy groups -OCH3 is 1. The number of hydrogen-bond acceptors (Lipinski definition) is 6. The number of nitrogens with zero attached hydrogens (tertiary/aromatic N) is 4. The first-order valence-corrected chi connectivity index (χ1v) is 7.14. The van der Waals surface area contributed by atoms with Gasteiger partial charge in [-0.15, -0.1) is 0 Å². The van der Waals surface area contributed by atoms with Crippen LogP contribution in [0, 0.1) is 11.6 Å². The molecule has 0 spiro atoms. The molecule has 9 heteroatoms. The lowest BCUT2D eigenvalue weighted by atomic mass is 10.1. The Kier molecular flexibility index (Phi) is 4.63. The van der Waals surface area contributed by atoms with E-state index in [0.29, 0.717) is 17.3 Å². The fourth-order valence-corrected chi connectivity index (χ4v) is 2.34. The van der Waals surface area contributed by atoms with E-state index in [-0.39, 0.29) is 18.7 Å². The Balaban J connectivity index is 1.83. The Morgan fingerprint density at radius 2 is 2.08 bits per heavy atom. The molecule has 2 N–H and O–H groups in total. The van der Waals surface area contributed by atoms with Gasteiger partial charge in [-0.3, -0.25) is 0 Å². The minimum atomic E-state index is -1.37. The molecule has 0 fully saturated rings. The van der Waals surface area contributed by atoms with Crippen LogP contribution in [0.5, 0.6) is 0 Å². The molecule has 2 aromatic heterocycles. The second-order valence-electron chi connectivity index (χ2n) is 5.07. The van der Waals surface area contributed by atoms with Gasteiger partial charge in [0.15, 0.2) is 0 Å². The zero-order valence-electron chi connectivity index (χ0n) is 12.8. The number of aliphatic hydroxyl groups is 1. The monoisotopic (exact) mass is 335 g/mol. The minimum absolute atomic E-state index is 0.122. The number of ether oxygens (including phenoxy) is 1. The van der Waals surface area contributed by atoms with Gasteiger partial charge in [0.2, 0.25) is 0 Å². The lowest BCUT2D eigenvalue weighted by Crippen LogP contribution is -2.17. The summed E-state index contributed by atoms with van der Waals surface area (Å²) in [5.41, 5.74) is 0.220. The summed E-state index contributed by atoms with van der Waals surface area (Å²) in [5, 5.41) is 17.0. The standard InChI is InChI=1S/C15H15F2N5O2/c1-24-7-9-5-13(22-15(21-9)19-8-20-22)18-6-12(23)14-10(16)3-2-4-11(14)17/h2-5,8,12,18,23H,6-7H2,1H3. The maximum Gasteiger partial charge on any atom is 0.254 e. The van der Waals surface area contributed by atoms with Gasteiger partial charge >= 0.3 is 0 Å². The summed E-state index contributed by atoms with van der Waals surface area (Å²) in [6.07, 6.45) is -0.0411. The van der Waals surface area contributed by atoms with E-state index < -0.39 is 17.7 Å². The molecular formula is C15H15F2N5O2. The molecule has 0 saturated heterocycles. The fourth-order valence-electron chi connectivity index (χ4n) is 2.34. The fraction of sp³-hybridized carbons (Fsp3) is 0.267. The van der Waals surface area contributed by atoms with Gasteiger partial charge in [-0.05, 0) is 12.1 Å². The number of fused-ring (bicyclic) bond motifs is 1. The number of halogens is 2. The minimum Gasteiger partial charge on any atom is -0.386 e. The van der Waals surface area contributed by atoms with Crippen LogP contribution in [0.1, 0.15) is 17.4 Å². The molecule has 3 rings (SSSR count). The smallest absolute Gasteiger partial charge is 0.254 e. The number of anilines is 1. The Morgan fingerprint density at radius 3 is 2.79 bits per heavy atom. The van der Waals surface area contributed by atoms with Crippen LogP contribution in [0.3, 0.4) is 0 Å². The van der Waals surface area contributed by atoms with Gasteiger partial charge in [0, 0.05) is 19.7 Å². The lowest BCUT2D eigenvalue weighted by molar-refractivity contribution is 0.180. The summed E-state index contributed by atoms with van der Waals surface area (Å²) in [6.45, 7) is 0.145. The summed E-state index contributed by atoms with van der Waals surface area (Å²) >= 11 is 0. The third-order valence-electron chi connectivity index (χ3n) is 3.41. The highest BCUT2D eigenvalue weighted by Crippen LogP contribution is 2.21. The first-order valence-electron chi connectivity index (χ1n) is 7.14. The van der Waals surface area contributed by atoms with Gasteiger partial charge in [-0.25, -0.2) is 13.8 Å². The van der Waals surface area contributed by atoms with Crippen molar-refractivity contribution in [2.45, 2.75) is 12.7 Å². The van der Waals surface area contributed by atoms with Crippen LogP contribution in [-0.2, 0) is 11.3 Å². The Bertz CT molecular complexity index is 835. The van der Waals surface area contributed by atoms with E-state index in [2.05, 4.69) is 20.4 Å². The molecular weight excluding hydrogens is 320 g/mol. The molecule has 0 aliphatic carbocycles. The van der Waals surface area contributed by atoms with Gasteiger partial charge in [0.1, 0.15) is 29.9 Å². The molecule has 1 unspecified atom stereocenters. The third kappa shape index (κ3) is 3.17. The quantitative estimate of drug-likeness (QED) is 0.713. The molecule has 24 heavy (non-hydrogen) atoms. The van der Waals surface area contributed by atoms with Crippen LogP contribution in [-0.4, -0.2) is 38.3 Å². The summed E-state index contributed by atoms with van der Waals surface area (Å²) < 4.78 is 33.9. The van der Waals surface area contributed by atoms with Gasteiger partial charge in [0.25, 0.3) is 5.78 Å². The van der Waals surface area contributed by atoms with Crippen molar-refractivity contribution in [2.75, 3.05) is 19.0 Å². The Labute approximate surface area is 135 Å². The van der Waals surface area contributed by atoms with Crippen LogP contribution < -0.4 is 5.32 Å². The molecule has 7 nitrogen and oxygen atoms in total. The van der Waals surface area contributed by atoms with Crippen molar-refractivity contribution in [1.29, 1.82) is 0 Å². The Morgan fingerprint density at radius 1 is 1.33 bits per heavy atom. The molecule has 0 radical (unpaired) electrons. The van der Waals surface area contributed by atoms with E-state index in [4.69, 9.17) is 4.74 Å². The number of nitrogens with one attached hydrogen (secondary N) is 1. The van der Waals surface area contributed by atoms with Crippen molar-refractivity contribution in [3.05, 3.63) is 53.5 Å². The van der Waals surface area contributed by atoms with Crippen LogP contribution in [0.15, 0.2) is 30.6 Å². The molecule has 3 aromatic rings. The first-order chi connectivity index (χ1) is 11.6. The number of aliphatic hydroxyl groups excluding tert-OH is 1. The highest BCUT2D eigenvalue weighted by molar-refractivity contribution is 5.45. The SMILES string of the molecule is COCc1cc(NCC(O)c2c(F)cccc2F)n2ncnc2n1. The number of aromatic nitrogens is 4. The molecule has 0 aliphatic rings. The second-order valence-corrected chi connectivity index (χ2v) is 5.07. The zero-order chi connectivity index (χ0) is 17.1. The number of hydrogen-bond donors (Lipinski definition) is 2.